The third-order valence-electron chi connectivity index (χ3n) is 5.41. The van der Waals surface area contributed by atoms with Crippen LogP contribution in [-0.2, 0) is 19.7 Å². The molecule has 1 aliphatic rings. The molecule has 28 heavy (non-hydrogen) atoms. The number of benzene rings is 2. The molecule has 1 N–H and O–H groups in total. The largest absolute Gasteiger partial charge is 0.497 e. The maximum Gasteiger partial charge on any atom is 0.230 e. The molecule has 2 aromatic rings. The number of carbonyl (C=O) groups is 1. The van der Waals surface area contributed by atoms with Crippen LogP contribution in [0, 0.1) is 0 Å². The second-order valence-corrected chi connectivity index (χ2v) is 7.29. The van der Waals surface area contributed by atoms with Gasteiger partial charge in [-0.15, -0.1) is 0 Å². The Kier molecular flexibility index (Phi) is 6.94. The van der Waals surface area contributed by atoms with Crippen LogP contribution in [0.4, 0.5) is 0 Å². The Morgan fingerprint density at radius 3 is 2.43 bits per heavy atom. The summed E-state index contributed by atoms with van der Waals surface area (Å²) < 4.78 is 16.4. The van der Waals surface area contributed by atoms with Crippen LogP contribution >= 0.6 is 11.6 Å². The van der Waals surface area contributed by atoms with Crippen molar-refractivity contribution < 1.29 is 19.0 Å². The first-order chi connectivity index (χ1) is 13.6. The highest BCUT2D eigenvalue weighted by Crippen LogP contribution is 2.36. The Morgan fingerprint density at radius 2 is 1.82 bits per heavy atom. The van der Waals surface area contributed by atoms with Crippen molar-refractivity contribution in [3.8, 4) is 5.75 Å². The van der Waals surface area contributed by atoms with Crippen molar-refractivity contribution in [1.82, 2.24) is 5.32 Å². The van der Waals surface area contributed by atoms with Crippen LogP contribution in [0.5, 0.6) is 5.75 Å². The molecule has 1 heterocycles. The molecule has 150 valence electrons. The lowest BCUT2D eigenvalue weighted by molar-refractivity contribution is -0.131. The number of rotatable bonds is 7. The predicted octanol–water partition coefficient (Wildman–Crippen LogP) is 3.90. The van der Waals surface area contributed by atoms with Crippen molar-refractivity contribution in [2.24, 2.45) is 0 Å². The molecule has 0 aliphatic carbocycles. The zero-order chi connectivity index (χ0) is 20.0. The number of ether oxygens (including phenoxy) is 3. The summed E-state index contributed by atoms with van der Waals surface area (Å²) in [5.41, 5.74) is 1.21. The number of amides is 1. The van der Waals surface area contributed by atoms with E-state index < -0.39 is 5.41 Å². The highest BCUT2D eigenvalue weighted by atomic mass is 35.5. The second-order valence-electron chi connectivity index (χ2n) is 6.88. The molecule has 1 amide bonds. The van der Waals surface area contributed by atoms with Gasteiger partial charge in [0.1, 0.15) is 11.9 Å². The van der Waals surface area contributed by atoms with Gasteiger partial charge in [0.05, 0.1) is 12.5 Å². The summed E-state index contributed by atoms with van der Waals surface area (Å²) in [6.07, 6.45) is 0.953. The number of hydrogen-bond donors (Lipinski definition) is 1. The third kappa shape index (κ3) is 4.32. The number of carbonyl (C=O) groups excluding carboxylic acids is 1. The molecular formula is C22H26ClNO4. The van der Waals surface area contributed by atoms with E-state index in [4.69, 9.17) is 25.8 Å². The van der Waals surface area contributed by atoms with E-state index >= 15 is 0 Å². The molecule has 1 saturated heterocycles. The van der Waals surface area contributed by atoms with Crippen molar-refractivity contribution >= 4 is 17.5 Å². The van der Waals surface area contributed by atoms with Crippen LogP contribution in [0.1, 0.15) is 30.1 Å². The van der Waals surface area contributed by atoms with Crippen LogP contribution in [0.3, 0.4) is 0 Å². The fraction of sp³-hybridized carbons (Fsp3) is 0.409. The van der Waals surface area contributed by atoms with Crippen LogP contribution < -0.4 is 10.1 Å². The summed E-state index contributed by atoms with van der Waals surface area (Å²) in [5, 5.41) is 3.71. The van der Waals surface area contributed by atoms with Gasteiger partial charge in [-0.1, -0.05) is 41.9 Å². The van der Waals surface area contributed by atoms with Gasteiger partial charge in [0.15, 0.2) is 0 Å². The Bertz CT molecular complexity index is 787. The lowest BCUT2D eigenvalue weighted by Crippen LogP contribution is -2.49. The smallest absolute Gasteiger partial charge is 0.230 e. The molecule has 0 spiro atoms. The topological polar surface area (TPSA) is 56.8 Å². The zero-order valence-electron chi connectivity index (χ0n) is 16.2. The van der Waals surface area contributed by atoms with Crippen molar-refractivity contribution in [1.29, 1.82) is 0 Å². The van der Waals surface area contributed by atoms with E-state index in [1.165, 1.54) is 0 Å². The molecule has 3 rings (SSSR count). The number of methoxy groups -OCH3 is 2. The Labute approximate surface area is 170 Å². The van der Waals surface area contributed by atoms with Gasteiger partial charge in [-0.05, 0) is 36.6 Å². The zero-order valence-corrected chi connectivity index (χ0v) is 17.0. The van der Waals surface area contributed by atoms with E-state index in [0.717, 1.165) is 16.9 Å². The van der Waals surface area contributed by atoms with Crippen LogP contribution in [0.2, 0.25) is 5.02 Å². The fourth-order valence-electron chi connectivity index (χ4n) is 3.69. The van der Waals surface area contributed by atoms with Crippen molar-refractivity contribution in [2.75, 3.05) is 34.0 Å². The number of nitrogens with one attached hydrogen (secondary N) is 1. The number of hydrogen-bond acceptors (Lipinski definition) is 4. The third-order valence-corrected chi connectivity index (χ3v) is 5.75. The molecule has 6 heteroatoms. The van der Waals surface area contributed by atoms with Gasteiger partial charge in [0.2, 0.25) is 5.91 Å². The van der Waals surface area contributed by atoms with Gasteiger partial charge < -0.3 is 19.5 Å². The van der Waals surface area contributed by atoms with Gasteiger partial charge in [0, 0.05) is 37.5 Å². The van der Waals surface area contributed by atoms with Gasteiger partial charge in [-0.3, -0.25) is 4.79 Å². The molecule has 5 nitrogen and oxygen atoms in total. The SMILES string of the molecule is COc1ccc(C2(C(=O)NCC(OC)c3ccccc3Cl)CCOCC2)cc1. The van der Waals surface area contributed by atoms with Crippen LogP contribution in [0.25, 0.3) is 0 Å². The quantitative estimate of drug-likeness (QED) is 0.761. The molecule has 1 atom stereocenters. The number of halogens is 1. The average molecular weight is 404 g/mol. The van der Waals surface area contributed by atoms with Crippen molar-refractivity contribution in [3.63, 3.8) is 0 Å². The molecule has 0 saturated carbocycles. The molecule has 0 aromatic heterocycles. The summed E-state index contributed by atoms with van der Waals surface area (Å²) in [6, 6.07) is 15.2. The molecule has 0 bridgehead atoms. The molecule has 1 aliphatic heterocycles. The molecule has 1 unspecified atom stereocenters. The average Bonchev–Trinajstić information content (AvgIpc) is 2.75. The van der Waals surface area contributed by atoms with E-state index in [0.29, 0.717) is 37.6 Å². The summed E-state index contributed by atoms with van der Waals surface area (Å²) in [7, 11) is 3.25. The van der Waals surface area contributed by atoms with E-state index in [1.807, 2.05) is 48.5 Å². The van der Waals surface area contributed by atoms with Crippen LogP contribution in [0.15, 0.2) is 48.5 Å². The predicted molar refractivity (Wildman–Crippen MR) is 109 cm³/mol. The summed E-state index contributed by atoms with van der Waals surface area (Å²) in [5.74, 6) is 0.750. The normalized spacial score (nSPS) is 17.0. The first kappa shape index (κ1) is 20.6. The van der Waals surface area contributed by atoms with E-state index in [1.54, 1.807) is 14.2 Å². The van der Waals surface area contributed by atoms with Crippen molar-refractivity contribution in [2.45, 2.75) is 24.4 Å². The lowest BCUT2D eigenvalue weighted by Gasteiger charge is -2.36. The standard InChI is InChI=1S/C22H26ClNO4/c1-26-17-9-7-16(8-10-17)22(11-13-28-14-12-22)21(25)24-15-20(27-2)18-5-3-4-6-19(18)23/h3-10,20H,11-15H2,1-2H3,(H,24,25). The van der Waals surface area contributed by atoms with Gasteiger partial charge in [-0.25, -0.2) is 0 Å². The second kappa shape index (κ2) is 9.41. The Hall–Kier alpha value is -2.08. The van der Waals surface area contributed by atoms with E-state index in [2.05, 4.69) is 5.32 Å². The lowest BCUT2D eigenvalue weighted by atomic mass is 9.73. The van der Waals surface area contributed by atoms with Gasteiger partial charge in [-0.2, -0.15) is 0 Å². The van der Waals surface area contributed by atoms with Gasteiger partial charge in [0.25, 0.3) is 0 Å². The monoisotopic (exact) mass is 403 g/mol. The first-order valence-electron chi connectivity index (χ1n) is 9.38. The van der Waals surface area contributed by atoms with Crippen molar-refractivity contribution in [3.05, 3.63) is 64.7 Å². The summed E-state index contributed by atoms with van der Waals surface area (Å²) >= 11 is 6.29. The summed E-state index contributed by atoms with van der Waals surface area (Å²) in [6.45, 7) is 1.45. The maximum atomic E-state index is 13.3. The van der Waals surface area contributed by atoms with Gasteiger partial charge >= 0.3 is 0 Å². The molecular weight excluding hydrogens is 378 g/mol. The minimum absolute atomic E-state index is 0.0185. The van der Waals surface area contributed by atoms with E-state index in [9.17, 15) is 4.79 Å². The Balaban J connectivity index is 1.79. The molecule has 0 radical (unpaired) electrons. The minimum Gasteiger partial charge on any atom is -0.497 e. The fourth-order valence-corrected chi connectivity index (χ4v) is 3.95. The summed E-state index contributed by atoms with van der Waals surface area (Å²) in [4.78, 5) is 13.3. The Morgan fingerprint density at radius 1 is 1.14 bits per heavy atom. The highest BCUT2D eigenvalue weighted by Gasteiger charge is 2.41. The highest BCUT2D eigenvalue weighted by molar-refractivity contribution is 6.31. The maximum absolute atomic E-state index is 13.3. The first-order valence-corrected chi connectivity index (χ1v) is 9.76. The molecule has 1 fully saturated rings. The minimum atomic E-state index is -0.622. The van der Waals surface area contributed by atoms with Crippen LogP contribution in [-0.4, -0.2) is 39.9 Å². The molecule has 2 aromatic carbocycles. The van der Waals surface area contributed by atoms with E-state index in [-0.39, 0.29) is 12.0 Å².